The van der Waals surface area contributed by atoms with E-state index in [1.54, 1.807) is 12.1 Å². The van der Waals surface area contributed by atoms with Gasteiger partial charge in [0, 0.05) is 6.07 Å². The summed E-state index contributed by atoms with van der Waals surface area (Å²) in [6.07, 6.45) is 1.15. The molecule has 0 spiro atoms. The number of rotatable bonds is 2. The summed E-state index contributed by atoms with van der Waals surface area (Å²) >= 11 is 3.24. The van der Waals surface area contributed by atoms with Crippen LogP contribution in [-0.4, -0.2) is 10.1 Å². The molecule has 14 heavy (non-hydrogen) atoms. The van der Waals surface area contributed by atoms with E-state index >= 15 is 0 Å². The quantitative estimate of drug-likeness (QED) is 0.776. The SMILES string of the molecule is Fc1ccc(-c2cc(CBr)on2)nc1. The van der Waals surface area contributed by atoms with E-state index in [9.17, 15) is 4.39 Å². The van der Waals surface area contributed by atoms with Gasteiger partial charge in [0.1, 0.15) is 17.3 Å². The first-order chi connectivity index (χ1) is 6.79. The van der Waals surface area contributed by atoms with Crippen molar-refractivity contribution in [2.24, 2.45) is 0 Å². The number of nitrogens with zero attached hydrogens (tertiary/aromatic N) is 2. The van der Waals surface area contributed by atoms with Gasteiger partial charge in [-0.1, -0.05) is 21.1 Å². The van der Waals surface area contributed by atoms with Crippen LogP contribution in [0.4, 0.5) is 4.39 Å². The molecule has 0 aliphatic rings. The van der Waals surface area contributed by atoms with Gasteiger partial charge in [-0.15, -0.1) is 0 Å². The molecule has 0 saturated carbocycles. The normalized spacial score (nSPS) is 10.4. The standard InChI is InChI=1S/C9H6BrFN2O/c10-4-7-3-9(13-14-7)8-2-1-6(11)5-12-8/h1-3,5H,4H2. The Labute approximate surface area is 88.1 Å². The van der Waals surface area contributed by atoms with Gasteiger partial charge in [0.25, 0.3) is 0 Å². The van der Waals surface area contributed by atoms with E-state index in [0.29, 0.717) is 22.5 Å². The molecular formula is C9H6BrFN2O. The average Bonchev–Trinajstić information content (AvgIpc) is 2.67. The lowest BCUT2D eigenvalue weighted by Gasteiger charge is -1.92. The molecule has 2 rings (SSSR count). The van der Waals surface area contributed by atoms with Crippen molar-refractivity contribution < 1.29 is 8.91 Å². The lowest BCUT2D eigenvalue weighted by atomic mass is 10.2. The smallest absolute Gasteiger partial charge is 0.147 e. The highest BCUT2D eigenvalue weighted by Gasteiger charge is 2.06. The zero-order chi connectivity index (χ0) is 9.97. The molecule has 2 aromatic rings. The third kappa shape index (κ3) is 1.82. The highest BCUT2D eigenvalue weighted by Crippen LogP contribution is 2.17. The molecule has 2 aromatic heterocycles. The van der Waals surface area contributed by atoms with Gasteiger partial charge in [0.05, 0.1) is 17.2 Å². The molecule has 3 nitrogen and oxygen atoms in total. The Hall–Kier alpha value is -1.23. The van der Waals surface area contributed by atoms with Crippen LogP contribution in [-0.2, 0) is 5.33 Å². The minimum absolute atomic E-state index is 0.363. The Bertz CT molecular complexity index is 427. The number of aromatic nitrogens is 2. The van der Waals surface area contributed by atoms with Crippen molar-refractivity contribution in [1.29, 1.82) is 0 Å². The van der Waals surface area contributed by atoms with E-state index in [4.69, 9.17) is 4.52 Å². The zero-order valence-corrected chi connectivity index (χ0v) is 8.66. The Kier molecular flexibility index (Phi) is 2.58. The van der Waals surface area contributed by atoms with Crippen molar-refractivity contribution in [2.75, 3.05) is 0 Å². The second-order valence-electron chi connectivity index (χ2n) is 2.67. The largest absolute Gasteiger partial charge is 0.360 e. The highest BCUT2D eigenvalue weighted by atomic mass is 79.9. The number of hydrogen-bond acceptors (Lipinski definition) is 3. The maximum Gasteiger partial charge on any atom is 0.147 e. The summed E-state index contributed by atoms with van der Waals surface area (Å²) in [5.74, 6) is 0.351. The summed E-state index contributed by atoms with van der Waals surface area (Å²) in [6, 6.07) is 4.66. The van der Waals surface area contributed by atoms with Gasteiger partial charge < -0.3 is 4.52 Å². The summed E-state index contributed by atoms with van der Waals surface area (Å²) in [4.78, 5) is 3.88. The van der Waals surface area contributed by atoms with Gasteiger partial charge in [-0.05, 0) is 12.1 Å². The number of alkyl halides is 1. The van der Waals surface area contributed by atoms with Gasteiger partial charge in [0.2, 0.25) is 0 Å². The van der Waals surface area contributed by atoms with Crippen LogP contribution in [0, 0.1) is 5.82 Å². The Morgan fingerprint density at radius 1 is 1.36 bits per heavy atom. The van der Waals surface area contributed by atoms with E-state index in [1.165, 1.54) is 6.07 Å². The van der Waals surface area contributed by atoms with Crippen LogP contribution < -0.4 is 0 Å². The monoisotopic (exact) mass is 256 g/mol. The van der Waals surface area contributed by atoms with Crippen molar-refractivity contribution in [1.82, 2.24) is 10.1 Å². The Balaban J connectivity index is 2.34. The second kappa shape index (κ2) is 3.88. The molecular weight excluding hydrogens is 251 g/mol. The Morgan fingerprint density at radius 2 is 2.21 bits per heavy atom. The third-order valence-corrected chi connectivity index (χ3v) is 2.23. The molecule has 0 aromatic carbocycles. The van der Waals surface area contributed by atoms with Crippen molar-refractivity contribution in [3.8, 4) is 11.4 Å². The summed E-state index contributed by atoms with van der Waals surface area (Å²) in [5.41, 5.74) is 1.21. The second-order valence-corrected chi connectivity index (χ2v) is 3.23. The van der Waals surface area contributed by atoms with Gasteiger partial charge >= 0.3 is 0 Å². The summed E-state index contributed by atoms with van der Waals surface area (Å²) < 4.78 is 17.5. The van der Waals surface area contributed by atoms with Gasteiger partial charge in [-0.25, -0.2) is 4.39 Å². The number of hydrogen-bond donors (Lipinski definition) is 0. The molecule has 0 unspecified atom stereocenters. The van der Waals surface area contributed by atoms with E-state index in [1.807, 2.05) is 0 Å². The van der Waals surface area contributed by atoms with E-state index in [-0.39, 0.29) is 5.82 Å². The molecule has 0 aliphatic heterocycles. The van der Waals surface area contributed by atoms with Crippen LogP contribution in [0.5, 0.6) is 0 Å². The Morgan fingerprint density at radius 3 is 2.79 bits per heavy atom. The van der Waals surface area contributed by atoms with Crippen molar-refractivity contribution >= 4 is 15.9 Å². The van der Waals surface area contributed by atoms with Crippen molar-refractivity contribution in [2.45, 2.75) is 5.33 Å². The minimum Gasteiger partial charge on any atom is -0.360 e. The average molecular weight is 257 g/mol. The molecule has 0 fully saturated rings. The van der Waals surface area contributed by atoms with Crippen LogP contribution >= 0.6 is 15.9 Å². The number of pyridine rings is 1. The predicted molar refractivity (Wildman–Crippen MR) is 52.3 cm³/mol. The maximum absolute atomic E-state index is 12.6. The lowest BCUT2D eigenvalue weighted by molar-refractivity contribution is 0.397. The molecule has 0 aliphatic carbocycles. The zero-order valence-electron chi connectivity index (χ0n) is 7.08. The molecule has 0 N–H and O–H groups in total. The minimum atomic E-state index is -0.363. The fourth-order valence-electron chi connectivity index (χ4n) is 1.02. The topological polar surface area (TPSA) is 38.9 Å². The first-order valence-electron chi connectivity index (χ1n) is 3.93. The van der Waals surface area contributed by atoms with E-state index < -0.39 is 0 Å². The van der Waals surface area contributed by atoms with Crippen LogP contribution in [0.2, 0.25) is 0 Å². The number of halogens is 2. The highest BCUT2D eigenvalue weighted by molar-refractivity contribution is 9.08. The van der Waals surface area contributed by atoms with Crippen LogP contribution in [0.1, 0.15) is 5.76 Å². The third-order valence-electron chi connectivity index (χ3n) is 1.68. The summed E-state index contributed by atoms with van der Waals surface area (Å²) in [5, 5.41) is 4.40. The van der Waals surface area contributed by atoms with Crippen molar-refractivity contribution in [3.63, 3.8) is 0 Å². The molecule has 0 radical (unpaired) electrons. The van der Waals surface area contributed by atoms with Crippen LogP contribution in [0.25, 0.3) is 11.4 Å². The molecule has 5 heteroatoms. The van der Waals surface area contributed by atoms with Crippen LogP contribution in [0.15, 0.2) is 28.9 Å². The van der Waals surface area contributed by atoms with Crippen molar-refractivity contribution in [3.05, 3.63) is 36.0 Å². The first-order valence-corrected chi connectivity index (χ1v) is 5.05. The molecule has 2 heterocycles. The first kappa shape index (κ1) is 9.33. The molecule has 0 bridgehead atoms. The summed E-state index contributed by atoms with van der Waals surface area (Å²) in [6.45, 7) is 0. The van der Waals surface area contributed by atoms with Gasteiger partial charge in [0.15, 0.2) is 0 Å². The van der Waals surface area contributed by atoms with Crippen LogP contribution in [0.3, 0.4) is 0 Å². The van der Waals surface area contributed by atoms with E-state index in [0.717, 1.165) is 6.20 Å². The van der Waals surface area contributed by atoms with Gasteiger partial charge in [-0.3, -0.25) is 4.98 Å². The van der Waals surface area contributed by atoms with Gasteiger partial charge in [-0.2, -0.15) is 0 Å². The molecule has 0 saturated heterocycles. The van der Waals surface area contributed by atoms with E-state index in [2.05, 4.69) is 26.1 Å². The fourth-order valence-corrected chi connectivity index (χ4v) is 1.29. The molecule has 72 valence electrons. The molecule has 0 atom stereocenters. The fraction of sp³-hybridized carbons (Fsp3) is 0.111. The molecule has 0 amide bonds. The summed E-state index contributed by atoms with van der Waals surface area (Å²) in [7, 11) is 0. The lowest BCUT2D eigenvalue weighted by Crippen LogP contribution is -1.83. The maximum atomic E-state index is 12.6. The predicted octanol–water partition coefficient (Wildman–Crippen LogP) is 2.77.